The van der Waals surface area contributed by atoms with Crippen LogP contribution in [0.4, 0.5) is 0 Å². The first-order valence-electron chi connectivity index (χ1n) is 5.53. The van der Waals surface area contributed by atoms with Gasteiger partial charge in [0.05, 0.1) is 0 Å². The second-order valence-electron chi connectivity index (χ2n) is 4.64. The van der Waals surface area contributed by atoms with Crippen LogP contribution in [0.15, 0.2) is 24.8 Å². The van der Waals surface area contributed by atoms with Crippen LogP contribution in [0.1, 0.15) is 27.7 Å². The molecule has 0 rings (SSSR count). The fourth-order valence-corrected chi connectivity index (χ4v) is 0.693. The van der Waals surface area contributed by atoms with Gasteiger partial charge < -0.3 is 15.2 Å². The van der Waals surface area contributed by atoms with E-state index in [4.69, 9.17) is 9.84 Å². The third-order valence-electron chi connectivity index (χ3n) is 1.51. The van der Waals surface area contributed by atoms with Gasteiger partial charge in [0, 0.05) is 23.7 Å². The second-order valence-corrected chi connectivity index (χ2v) is 4.64. The molecule has 0 heterocycles. The number of carboxylic acids is 1. The molecule has 0 fully saturated rings. The van der Waals surface area contributed by atoms with Crippen LogP contribution in [0.3, 0.4) is 0 Å². The van der Waals surface area contributed by atoms with Crippen LogP contribution in [-0.2, 0) is 14.3 Å². The molecule has 0 saturated carbocycles. The highest BCUT2D eigenvalue weighted by Gasteiger charge is 2.08. The molecular formula is C13H23NO4. The van der Waals surface area contributed by atoms with Crippen LogP contribution in [0, 0.1) is 0 Å². The number of esters is 1. The van der Waals surface area contributed by atoms with Gasteiger partial charge in [0.25, 0.3) is 0 Å². The second kappa shape index (κ2) is 9.41. The Morgan fingerprint density at radius 1 is 1.39 bits per heavy atom. The van der Waals surface area contributed by atoms with Gasteiger partial charge in [-0.05, 0) is 27.7 Å². The minimum Gasteiger partial charge on any atom is -0.478 e. The molecular weight excluding hydrogens is 234 g/mol. The first-order chi connectivity index (χ1) is 8.10. The van der Waals surface area contributed by atoms with Gasteiger partial charge >= 0.3 is 11.9 Å². The van der Waals surface area contributed by atoms with Crippen molar-refractivity contribution >= 4 is 11.9 Å². The van der Waals surface area contributed by atoms with E-state index in [-0.39, 0.29) is 11.5 Å². The van der Waals surface area contributed by atoms with Crippen molar-refractivity contribution in [1.82, 2.24) is 5.32 Å². The zero-order valence-electron chi connectivity index (χ0n) is 11.6. The number of ether oxygens (including phenoxy) is 1. The maximum absolute atomic E-state index is 10.9. The molecule has 0 aliphatic rings. The summed E-state index contributed by atoms with van der Waals surface area (Å²) in [5.74, 6) is -1.30. The minimum absolute atomic E-state index is 0.0651. The van der Waals surface area contributed by atoms with Gasteiger partial charge in [-0.3, -0.25) is 0 Å². The van der Waals surface area contributed by atoms with Crippen LogP contribution in [0.5, 0.6) is 0 Å². The van der Waals surface area contributed by atoms with Crippen molar-refractivity contribution < 1.29 is 19.4 Å². The lowest BCUT2D eigenvalue weighted by Crippen LogP contribution is -2.38. The first-order valence-corrected chi connectivity index (χ1v) is 5.53. The van der Waals surface area contributed by atoms with Crippen molar-refractivity contribution in [1.29, 1.82) is 0 Å². The normalized spacial score (nSPS) is 9.78. The molecule has 0 bridgehead atoms. The van der Waals surface area contributed by atoms with Gasteiger partial charge in [0.2, 0.25) is 0 Å². The summed E-state index contributed by atoms with van der Waals surface area (Å²) in [6, 6.07) is 0. The Morgan fingerprint density at radius 3 is 2.11 bits per heavy atom. The van der Waals surface area contributed by atoms with E-state index in [0.29, 0.717) is 18.7 Å². The van der Waals surface area contributed by atoms with Crippen molar-refractivity contribution in [3.05, 3.63) is 24.8 Å². The van der Waals surface area contributed by atoms with Crippen LogP contribution >= 0.6 is 0 Å². The standard InChI is InChI=1S/C10H19NO2.C3H4O2/c1-8(2)9(12)13-7-6-11-10(3,4)5;1-2-3(4)5/h11H,1,6-7H2,2-5H3;2H,1H2,(H,4,5). The molecule has 0 amide bonds. The lowest BCUT2D eigenvalue weighted by molar-refractivity contribution is -0.138. The maximum atomic E-state index is 10.9. The van der Waals surface area contributed by atoms with Crippen LogP contribution < -0.4 is 5.32 Å². The molecule has 0 atom stereocenters. The predicted molar refractivity (Wildman–Crippen MR) is 71.4 cm³/mol. The number of hydrogen-bond acceptors (Lipinski definition) is 4. The van der Waals surface area contributed by atoms with Gasteiger partial charge in [0.15, 0.2) is 0 Å². The molecule has 0 aliphatic heterocycles. The molecule has 0 aromatic carbocycles. The largest absolute Gasteiger partial charge is 0.478 e. The van der Waals surface area contributed by atoms with Crippen molar-refractivity contribution in [2.24, 2.45) is 0 Å². The zero-order valence-corrected chi connectivity index (χ0v) is 11.6. The Balaban J connectivity index is 0. The van der Waals surface area contributed by atoms with E-state index in [1.807, 2.05) is 0 Å². The summed E-state index contributed by atoms with van der Waals surface area (Å²) in [4.78, 5) is 20.2. The molecule has 0 spiro atoms. The molecule has 0 radical (unpaired) electrons. The number of carboxylic acid groups (broad SMARTS) is 1. The van der Waals surface area contributed by atoms with Crippen molar-refractivity contribution in [2.75, 3.05) is 13.2 Å². The van der Waals surface area contributed by atoms with Gasteiger partial charge in [-0.15, -0.1) is 0 Å². The van der Waals surface area contributed by atoms with Gasteiger partial charge in [-0.25, -0.2) is 9.59 Å². The summed E-state index contributed by atoms with van der Waals surface area (Å²) < 4.78 is 4.90. The van der Waals surface area contributed by atoms with Crippen LogP contribution in [-0.4, -0.2) is 35.7 Å². The number of aliphatic carboxylic acids is 1. The third kappa shape index (κ3) is 16.8. The number of rotatable bonds is 5. The quantitative estimate of drug-likeness (QED) is 0.446. The minimum atomic E-state index is -0.981. The molecule has 5 nitrogen and oxygen atoms in total. The van der Waals surface area contributed by atoms with Gasteiger partial charge in [-0.2, -0.15) is 0 Å². The number of carbonyl (C=O) groups is 2. The maximum Gasteiger partial charge on any atom is 0.333 e. The van der Waals surface area contributed by atoms with E-state index < -0.39 is 5.97 Å². The number of carbonyl (C=O) groups excluding carboxylic acids is 1. The van der Waals surface area contributed by atoms with E-state index in [0.717, 1.165) is 6.08 Å². The van der Waals surface area contributed by atoms with E-state index in [1.165, 1.54) is 0 Å². The highest BCUT2D eigenvalue weighted by Crippen LogP contribution is 1.97. The lowest BCUT2D eigenvalue weighted by atomic mass is 10.1. The van der Waals surface area contributed by atoms with Crippen LogP contribution in [0.25, 0.3) is 0 Å². The fourth-order valence-electron chi connectivity index (χ4n) is 0.693. The van der Waals surface area contributed by atoms with Crippen molar-refractivity contribution in [3.8, 4) is 0 Å². The molecule has 0 aliphatic carbocycles. The SMILES string of the molecule is C=C(C)C(=O)OCCNC(C)(C)C.C=CC(=O)O. The Hall–Kier alpha value is -1.62. The third-order valence-corrected chi connectivity index (χ3v) is 1.51. The summed E-state index contributed by atoms with van der Waals surface area (Å²) >= 11 is 0. The smallest absolute Gasteiger partial charge is 0.333 e. The van der Waals surface area contributed by atoms with E-state index >= 15 is 0 Å². The van der Waals surface area contributed by atoms with E-state index in [1.54, 1.807) is 6.92 Å². The van der Waals surface area contributed by atoms with Crippen molar-refractivity contribution in [3.63, 3.8) is 0 Å². The van der Waals surface area contributed by atoms with Gasteiger partial charge in [0.1, 0.15) is 6.61 Å². The molecule has 0 saturated heterocycles. The summed E-state index contributed by atoms with van der Waals surface area (Å²) in [5, 5.41) is 10.8. The Labute approximate surface area is 109 Å². The molecule has 0 aromatic heterocycles. The Bertz CT molecular complexity index is 303. The molecule has 0 unspecified atom stereocenters. The van der Waals surface area contributed by atoms with E-state index in [2.05, 4.69) is 39.2 Å². The molecule has 0 aromatic rings. The fraction of sp³-hybridized carbons (Fsp3) is 0.538. The molecule has 104 valence electrons. The molecule has 2 N–H and O–H groups in total. The average Bonchev–Trinajstić information content (AvgIpc) is 2.23. The van der Waals surface area contributed by atoms with Crippen molar-refractivity contribution in [2.45, 2.75) is 33.2 Å². The molecule has 5 heteroatoms. The highest BCUT2D eigenvalue weighted by molar-refractivity contribution is 5.86. The number of nitrogens with one attached hydrogen (secondary N) is 1. The Morgan fingerprint density at radius 2 is 1.83 bits per heavy atom. The average molecular weight is 257 g/mol. The lowest BCUT2D eigenvalue weighted by Gasteiger charge is -2.20. The topological polar surface area (TPSA) is 75.6 Å². The summed E-state index contributed by atoms with van der Waals surface area (Å²) in [6.45, 7) is 15.3. The highest BCUT2D eigenvalue weighted by atomic mass is 16.5. The number of hydrogen-bond donors (Lipinski definition) is 2. The first kappa shape index (κ1) is 18.7. The monoisotopic (exact) mass is 257 g/mol. The summed E-state index contributed by atoms with van der Waals surface area (Å²) in [6.07, 6.45) is 0.833. The van der Waals surface area contributed by atoms with Crippen LogP contribution in [0.2, 0.25) is 0 Å². The predicted octanol–water partition coefficient (Wildman–Crippen LogP) is 1.75. The van der Waals surface area contributed by atoms with Gasteiger partial charge in [-0.1, -0.05) is 13.2 Å². The van der Waals surface area contributed by atoms with E-state index in [9.17, 15) is 9.59 Å². The Kier molecular flexibility index (Phi) is 9.80. The summed E-state index contributed by atoms with van der Waals surface area (Å²) in [5.41, 5.74) is 0.506. The zero-order chi connectivity index (χ0) is 14.8. The molecule has 18 heavy (non-hydrogen) atoms. The summed E-state index contributed by atoms with van der Waals surface area (Å²) in [7, 11) is 0.